The van der Waals surface area contributed by atoms with Crippen LogP contribution in [0, 0.1) is 6.92 Å². The fraction of sp³-hybridized carbons (Fsp3) is 0.312. The molecular weight excluding hydrogens is 250 g/mol. The molecule has 1 heterocycles. The highest BCUT2D eigenvalue weighted by Gasteiger charge is 2.22. The molecule has 4 heteroatoms. The topological polar surface area (TPSA) is 54.9 Å². The van der Waals surface area contributed by atoms with Gasteiger partial charge in [0, 0.05) is 6.20 Å². The van der Waals surface area contributed by atoms with Crippen molar-refractivity contribution in [2.24, 2.45) is 0 Å². The number of rotatable bonds is 2. The van der Waals surface area contributed by atoms with Crippen LogP contribution in [-0.4, -0.2) is 15.9 Å². The summed E-state index contributed by atoms with van der Waals surface area (Å²) in [4.78, 5) is 20.5. The number of benzene rings is 1. The van der Waals surface area contributed by atoms with Gasteiger partial charge in [-0.2, -0.15) is 0 Å². The fourth-order valence-electron chi connectivity index (χ4n) is 2.65. The molecule has 0 bridgehead atoms. The zero-order valence-corrected chi connectivity index (χ0v) is 11.5. The van der Waals surface area contributed by atoms with Crippen LogP contribution >= 0.6 is 0 Å². The average Bonchev–Trinajstić information content (AvgIpc) is 2.48. The van der Waals surface area contributed by atoms with E-state index in [1.165, 1.54) is 17.3 Å². The molecule has 2 aromatic rings. The van der Waals surface area contributed by atoms with Crippen LogP contribution in [0.4, 0.5) is 0 Å². The van der Waals surface area contributed by atoms with Crippen LogP contribution in [0.3, 0.4) is 0 Å². The van der Waals surface area contributed by atoms with Gasteiger partial charge in [-0.1, -0.05) is 24.3 Å². The second-order valence-corrected chi connectivity index (χ2v) is 5.16. The highest BCUT2D eigenvalue weighted by molar-refractivity contribution is 5.92. The third-order valence-corrected chi connectivity index (χ3v) is 3.69. The van der Waals surface area contributed by atoms with Crippen molar-refractivity contribution in [2.45, 2.75) is 32.2 Å². The molecule has 1 aromatic carbocycles. The van der Waals surface area contributed by atoms with Crippen molar-refractivity contribution in [3.63, 3.8) is 0 Å². The number of fused-ring (bicyclic) bond motifs is 1. The fourth-order valence-corrected chi connectivity index (χ4v) is 2.65. The van der Waals surface area contributed by atoms with Gasteiger partial charge in [0.05, 0.1) is 17.9 Å². The standard InChI is InChI=1S/C16H17N3O/c1-11-9-18-15(10-17-11)16(20)19-14-8-4-6-12-5-2-3-7-13(12)14/h2-3,5,7,9-10,14H,4,6,8H2,1H3,(H,19,20)/t14-/m0/s1. The minimum atomic E-state index is -0.154. The van der Waals surface area contributed by atoms with Gasteiger partial charge >= 0.3 is 0 Å². The molecule has 1 atom stereocenters. The Morgan fingerprint density at radius 3 is 2.90 bits per heavy atom. The van der Waals surface area contributed by atoms with Crippen molar-refractivity contribution < 1.29 is 4.79 Å². The quantitative estimate of drug-likeness (QED) is 0.910. The molecule has 1 amide bonds. The van der Waals surface area contributed by atoms with Crippen molar-refractivity contribution >= 4 is 5.91 Å². The molecule has 0 saturated carbocycles. The number of carbonyl (C=O) groups excluding carboxylic acids is 1. The number of carbonyl (C=O) groups is 1. The van der Waals surface area contributed by atoms with Gasteiger partial charge in [-0.15, -0.1) is 0 Å². The van der Waals surface area contributed by atoms with Crippen LogP contribution in [0.5, 0.6) is 0 Å². The molecule has 0 spiro atoms. The van der Waals surface area contributed by atoms with Crippen LogP contribution in [0.2, 0.25) is 0 Å². The van der Waals surface area contributed by atoms with E-state index in [-0.39, 0.29) is 11.9 Å². The van der Waals surface area contributed by atoms with Crippen molar-refractivity contribution in [3.8, 4) is 0 Å². The molecule has 102 valence electrons. The van der Waals surface area contributed by atoms with Gasteiger partial charge in [0.15, 0.2) is 0 Å². The van der Waals surface area contributed by atoms with E-state index in [0.717, 1.165) is 25.0 Å². The number of amides is 1. The van der Waals surface area contributed by atoms with Gasteiger partial charge in [0.25, 0.3) is 5.91 Å². The van der Waals surface area contributed by atoms with E-state index in [1.54, 1.807) is 6.20 Å². The van der Waals surface area contributed by atoms with E-state index < -0.39 is 0 Å². The Kier molecular flexibility index (Phi) is 3.46. The smallest absolute Gasteiger partial charge is 0.271 e. The molecule has 0 fully saturated rings. The van der Waals surface area contributed by atoms with Gasteiger partial charge in [-0.25, -0.2) is 4.98 Å². The molecule has 4 nitrogen and oxygen atoms in total. The maximum absolute atomic E-state index is 12.2. The van der Waals surface area contributed by atoms with Gasteiger partial charge in [0.2, 0.25) is 0 Å². The van der Waals surface area contributed by atoms with E-state index >= 15 is 0 Å². The lowest BCUT2D eigenvalue weighted by atomic mass is 9.88. The normalized spacial score (nSPS) is 17.4. The predicted octanol–water partition coefficient (Wildman–Crippen LogP) is 2.59. The third kappa shape index (κ3) is 2.54. The van der Waals surface area contributed by atoms with Crippen LogP contribution in [-0.2, 0) is 6.42 Å². The molecule has 0 radical (unpaired) electrons. The number of aryl methyl sites for hydroxylation is 2. The minimum Gasteiger partial charge on any atom is -0.344 e. The number of hydrogen-bond donors (Lipinski definition) is 1. The molecule has 1 aliphatic rings. The highest BCUT2D eigenvalue weighted by atomic mass is 16.1. The van der Waals surface area contributed by atoms with E-state index in [4.69, 9.17) is 0 Å². The molecular formula is C16H17N3O. The first-order valence-electron chi connectivity index (χ1n) is 6.91. The molecule has 1 N–H and O–H groups in total. The second kappa shape index (κ2) is 5.41. The Balaban J connectivity index is 1.79. The van der Waals surface area contributed by atoms with Crippen LogP contribution < -0.4 is 5.32 Å². The summed E-state index contributed by atoms with van der Waals surface area (Å²) >= 11 is 0. The summed E-state index contributed by atoms with van der Waals surface area (Å²) in [6, 6.07) is 8.39. The molecule has 0 saturated heterocycles. The monoisotopic (exact) mass is 267 g/mol. The molecule has 1 aliphatic carbocycles. The molecule has 20 heavy (non-hydrogen) atoms. The van der Waals surface area contributed by atoms with Crippen LogP contribution in [0.1, 0.15) is 46.2 Å². The molecule has 0 unspecified atom stereocenters. The summed E-state index contributed by atoms with van der Waals surface area (Å²) < 4.78 is 0. The SMILES string of the molecule is Cc1cnc(C(=O)N[C@H]2CCCc3ccccc32)cn1. The Bertz CT molecular complexity index is 622. The number of aromatic nitrogens is 2. The van der Waals surface area contributed by atoms with Crippen molar-refractivity contribution in [1.29, 1.82) is 0 Å². The Morgan fingerprint density at radius 1 is 1.25 bits per heavy atom. The summed E-state index contributed by atoms with van der Waals surface area (Å²) in [5, 5.41) is 3.07. The summed E-state index contributed by atoms with van der Waals surface area (Å²) in [6.07, 6.45) is 6.31. The van der Waals surface area contributed by atoms with Crippen molar-refractivity contribution in [3.05, 3.63) is 59.2 Å². The Hall–Kier alpha value is -2.23. The van der Waals surface area contributed by atoms with Crippen LogP contribution in [0.15, 0.2) is 36.7 Å². The third-order valence-electron chi connectivity index (χ3n) is 3.69. The summed E-state index contributed by atoms with van der Waals surface area (Å²) in [5.41, 5.74) is 3.74. The first-order valence-corrected chi connectivity index (χ1v) is 6.91. The van der Waals surface area contributed by atoms with Gasteiger partial charge in [-0.05, 0) is 37.3 Å². The zero-order chi connectivity index (χ0) is 13.9. The lowest BCUT2D eigenvalue weighted by Gasteiger charge is -2.26. The Morgan fingerprint density at radius 2 is 2.10 bits per heavy atom. The largest absolute Gasteiger partial charge is 0.344 e. The average molecular weight is 267 g/mol. The minimum absolute atomic E-state index is 0.0792. The molecule has 3 rings (SSSR count). The van der Waals surface area contributed by atoms with Gasteiger partial charge in [0.1, 0.15) is 5.69 Å². The van der Waals surface area contributed by atoms with Gasteiger partial charge < -0.3 is 5.32 Å². The first-order chi connectivity index (χ1) is 9.74. The van der Waals surface area contributed by atoms with Crippen molar-refractivity contribution in [2.75, 3.05) is 0 Å². The lowest BCUT2D eigenvalue weighted by molar-refractivity contribution is 0.0927. The Labute approximate surface area is 118 Å². The second-order valence-electron chi connectivity index (χ2n) is 5.16. The van der Waals surface area contributed by atoms with E-state index in [2.05, 4.69) is 33.5 Å². The van der Waals surface area contributed by atoms with E-state index in [9.17, 15) is 4.79 Å². The molecule has 1 aromatic heterocycles. The van der Waals surface area contributed by atoms with E-state index in [0.29, 0.717) is 5.69 Å². The zero-order valence-electron chi connectivity index (χ0n) is 11.5. The lowest BCUT2D eigenvalue weighted by Crippen LogP contribution is -2.31. The predicted molar refractivity (Wildman–Crippen MR) is 76.4 cm³/mol. The maximum Gasteiger partial charge on any atom is 0.271 e. The van der Waals surface area contributed by atoms with Crippen LogP contribution in [0.25, 0.3) is 0 Å². The van der Waals surface area contributed by atoms with Gasteiger partial charge in [-0.3, -0.25) is 9.78 Å². The highest BCUT2D eigenvalue weighted by Crippen LogP contribution is 2.29. The number of nitrogens with one attached hydrogen (secondary N) is 1. The first kappa shape index (κ1) is 12.8. The van der Waals surface area contributed by atoms with Crippen molar-refractivity contribution in [1.82, 2.24) is 15.3 Å². The maximum atomic E-state index is 12.2. The molecule has 0 aliphatic heterocycles. The summed E-state index contributed by atoms with van der Waals surface area (Å²) in [5.74, 6) is -0.154. The summed E-state index contributed by atoms with van der Waals surface area (Å²) in [6.45, 7) is 1.85. The summed E-state index contributed by atoms with van der Waals surface area (Å²) in [7, 11) is 0. The van der Waals surface area contributed by atoms with E-state index in [1.807, 2.05) is 13.0 Å². The number of nitrogens with zero attached hydrogens (tertiary/aromatic N) is 2. The number of hydrogen-bond acceptors (Lipinski definition) is 3.